The summed E-state index contributed by atoms with van der Waals surface area (Å²) in [5.41, 5.74) is 0.762. The molecule has 0 aliphatic carbocycles. The summed E-state index contributed by atoms with van der Waals surface area (Å²) in [4.78, 5) is 26.4. The molecule has 0 saturated carbocycles. The van der Waals surface area contributed by atoms with E-state index in [1.54, 1.807) is 23.5 Å². The van der Waals surface area contributed by atoms with E-state index in [9.17, 15) is 13.6 Å². The van der Waals surface area contributed by atoms with E-state index in [1.165, 1.54) is 0 Å². The van der Waals surface area contributed by atoms with Crippen LogP contribution in [0.4, 0.5) is 8.78 Å². The van der Waals surface area contributed by atoms with Gasteiger partial charge in [-0.1, -0.05) is 0 Å². The van der Waals surface area contributed by atoms with Gasteiger partial charge in [-0.05, 0) is 30.5 Å². The van der Waals surface area contributed by atoms with Crippen molar-refractivity contribution in [3.8, 4) is 0 Å². The Balaban J connectivity index is 1.52. The first-order valence-electron chi connectivity index (χ1n) is 9.12. The van der Waals surface area contributed by atoms with Crippen LogP contribution in [0, 0.1) is 11.6 Å². The number of carbonyl (C=O) groups excluding carboxylic acids is 1. The van der Waals surface area contributed by atoms with Gasteiger partial charge in [0.15, 0.2) is 11.5 Å². The maximum absolute atomic E-state index is 14.0. The Bertz CT molecular complexity index is 976. The largest absolute Gasteiger partial charge is 0.336 e. The van der Waals surface area contributed by atoms with Crippen molar-refractivity contribution in [1.82, 2.24) is 24.4 Å². The normalized spacial score (nSPS) is 16.9. The molecule has 1 aliphatic heterocycles. The van der Waals surface area contributed by atoms with Crippen molar-refractivity contribution in [2.45, 2.75) is 25.3 Å². The zero-order chi connectivity index (χ0) is 19.5. The number of hydrogen-bond acceptors (Lipinski definition) is 4. The molecule has 8 heteroatoms. The molecular weight excluding hydrogens is 364 g/mol. The van der Waals surface area contributed by atoms with Crippen LogP contribution in [0.2, 0.25) is 0 Å². The minimum Gasteiger partial charge on any atom is -0.336 e. The Hall–Kier alpha value is -3.16. The molecule has 0 unspecified atom stereocenters. The summed E-state index contributed by atoms with van der Waals surface area (Å²) in [6.45, 7) is 1.60. The first-order chi connectivity index (χ1) is 13.6. The Labute approximate surface area is 160 Å². The van der Waals surface area contributed by atoms with E-state index >= 15 is 0 Å². The van der Waals surface area contributed by atoms with E-state index in [2.05, 4.69) is 19.5 Å². The fourth-order valence-electron chi connectivity index (χ4n) is 3.59. The molecule has 3 aromatic rings. The number of piperidine rings is 1. The van der Waals surface area contributed by atoms with Crippen LogP contribution in [-0.4, -0.2) is 43.4 Å². The van der Waals surface area contributed by atoms with Crippen molar-refractivity contribution < 1.29 is 13.6 Å². The minimum absolute atomic E-state index is 0.0399. The molecule has 0 bridgehead atoms. The summed E-state index contributed by atoms with van der Waals surface area (Å²) in [6, 6.07) is 4.58. The molecule has 144 valence electrons. The van der Waals surface area contributed by atoms with Gasteiger partial charge in [-0.25, -0.2) is 18.7 Å². The zero-order valence-corrected chi connectivity index (χ0v) is 15.1. The number of amides is 1. The van der Waals surface area contributed by atoms with Crippen molar-refractivity contribution >= 4 is 5.91 Å². The Kier molecular flexibility index (Phi) is 5.10. The van der Waals surface area contributed by atoms with Crippen molar-refractivity contribution in [2.24, 2.45) is 0 Å². The molecule has 4 rings (SSSR count). The van der Waals surface area contributed by atoms with Gasteiger partial charge in [0.2, 0.25) is 0 Å². The molecule has 0 N–H and O–H groups in total. The van der Waals surface area contributed by atoms with Crippen LogP contribution >= 0.6 is 0 Å². The second kappa shape index (κ2) is 7.84. The minimum atomic E-state index is -0.939. The van der Waals surface area contributed by atoms with Gasteiger partial charge >= 0.3 is 0 Å². The molecule has 6 nitrogen and oxygen atoms in total. The summed E-state index contributed by atoms with van der Waals surface area (Å²) >= 11 is 0. The van der Waals surface area contributed by atoms with Crippen LogP contribution in [0.5, 0.6) is 0 Å². The predicted octanol–water partition coefficient (Wildman–Crippen LogP) is 3.02. The van der Waals surface area contributed by atoms with Gasteiger partial charge in [0.1, 0.15) is 11.6 Å². The second-order valence-electron chi connectivity index (χ2n) is 6.84. The molecular formula is C20H19F2N5O. The van der Waals surface area contributed by atoms with Crippen LogP contribution < -0.4 is 0 Å². The van der Waals surface area contributed by atoms with Crippen LogP contribution in [-0.2, 0) is 6.54 Å². The third kappa shape index (κ3) is 3.76. The van der Waals surface area contributed by atoms with E-state index in [-0.39, 0.29) is 11.6 Å². The summed E-state index contributed by atoms with van der Waals surface area (Å²) in [5, 5.41) is 0. The number of carbonyl (C=O) groups is 1. The highest BCUT2D eigenvalue weighted by Crippen LogP contribution is 2.27. The highest BCUT2D eigenvalue weighted by Gasteiger charge is 2.30. The van der Waals surface area contributed by atoms with Gasteiger partial charge in [0.05, 0.1) is 6.20 Å². The van der Waals surface area contributed by atoms with Crippen molar-refractivity contribution in [3.63, 3.8) is 0 Å². The smallest absolute Gasteiger partial charge is 0.275 e. The first kappa shape index (κ1) is 18.2. The molecule has 1 amide bonds. The van der Waals surface area contributed by atoms with E-state index in [0.717, 1.165) is 30.4 Å². The van der Waals surface area contributed by atoms with E-state index in [0.29, 0.717) is 25.7 Å². The maximum Gasteiger partial charge on any atom is 0.275 e. The lowest BCUT2D eigenvalue weighted by molar-refractivity contribution is 0.0692. The number of nitrogens with zero attached hydrogens (tertiary/aromatic N) is 5. The van der Waals surface area contributed by atoms with Crippen molar-refractivity contribution in [1.29, 1.82) is 0 Å². The average Bonchev–Trinajstić information content (AvgIpc) is 3.16. The van der Waals surface area contributed by atoms with E-state index in [1.807, 2.05) is 18.3 Å². The molecule has 0 radical (unpaired) electrons. The molecule has 28 heavy (non-hydrogen) atoms. The SMILES string of the molecule is O=C(c1ncc(F)cc1F)N1CCC[C@H](c2nccn2Cc2ccncc2)C1. The summed E-state index contributed by atoms with van der Waals surface area (Å²) in [6.07, 6.45) is 9.68. The number of rotatable bonds is 4. The fraction of sp³-hybridized carbons (Fsp3) is 0.300. The van der Waals surface area contributed by atoms with Crippen molar-refractivity contribution in [2.75, 3.05) is 13.1 Å². The Morgan fingerprint density at radius 2 is 2.00 bits per heavy atom. The number of imidazole rings is 1. The molecule has 1 atom stereocenters. The Morgan fingerprint density at radius 3 is 2.79 bits per heavy atom. The third-order valence-corrected chi connectivity index (χ3v) is 4.93. The second-order valence-corrected chi connectivity index (χ2v) is 6.84. The Morgan fingerprint density at radius 1 is 1.18 bits per heavy atom. The number of likely N-dealkylation sites (tertiary alicyclic amines) is 1. The van der Waals surface area contributed by atoms with Gasteiger partial charge < -0.3 is 9.47 Å². The van der Waals surface area contributed by atoms with Crippen LogP contribution in [0.25, 0.3) is 0 Å². The fourth-order valence-corrected chi connectivity index (χ4v) is 3.59. The summed E-state index contributed by atoms with van der Waals surface area (Å²) in [5.74, 6) is -1.33. The first-order valence-corrected chi connectivity index (χ1v) is 9.12. The summed E-state index contributed by atoms with van der Waals surface area (Å²) < 4.78 is 29.1. The van der Waals surface area contributed by atoms with Crippen LogP contribution in [0.1, 0.15) is 40.6 Å². The number of aromatic nitrogens is 4. The highest BCUT2D eigenvalue weighted by molar-refractivity contribution is 5.92. The third-order valence-electron chi connectivity index (χ3n) is 4.93. The lowest BCUT2D eigenvalue weighted by Crippen LogP contribution is -2.40. The highest BCUT2D eigenvalue weighted by atomic mass is 19.1. The van der Waals surface area contributed by atoms with Crippen molar-refractivity contribution in [3.05, 3.63) is 77.9 Å². The number of pyridine rings is 2. The molecule has 1 fully saturated rings. The molecule has 0 aromatic carbocycles. The lowest BCUT2D eigenvalue weighted by Gasteiger charge is -2.32. The monoisotopic (exact) mass is 383 g/mol. The molecule has 1 saturated heterocycles. The van der Waals surface area contributed by atoms with Gasteiger partial charge in [-0.15, -0.1) is 0 Å². The van der Waals surface area contributed by atoms with E-state index < -0.39 is 17.5 Å². The van der Waals surface area contributed by atoms with Gasteiger partial charge in [0.25, 0.3) is 5.91 Å². The molecule has 0 spiro atoms. The van der Waals surface area contributed by atoms with Gasteiger partial charge in [-0.3, -0.25) is 9.78 Å². The van der Waals surface area contributed by atoms with Crippen LogP contribution in [0.15, 0.2) is 49.2 Å². The summed E-state index contributed by atoms with van der Waals surface area (Å²) in [7, 11) is 0. The number of hydrogen-bond donors (Lipinski definition) is 0. The predicted molar refractivity (Wildman–Crippen MR) is 97.6 cm³/mol. The average molecular weight is 383 g/mol. The molecule has 4 heterocycles. The molecule has 1 aliphatic rings. The maximum atomic E-state index is 14.0. The van der Waals surface area contributed by atoms with E-state index in [4.69, 9.17) is 0 Å². The van der Waals surface area contributed by atoms with Gasteiger partial charge in [-0.2, -0.15) is 0 Å². The lowest BCUT2D eigenvalue weighted by atomic mass is 9.96. The topological polar surface area (TPSA) is 63.9 Å². The quantitative estimate of drug-likeness (QED) is 0.695. The van der Waals surface area contributed by atoms with Crippen LogP contribution in [0.3, 0.4) is 0 Å². The van der Waals surface area contributed by atoms with Gasteiger partial charge in [0, 0.05) is 56.4 Å². The number of halogens is 2. The standard InChI is InChI=1S/C20H19F2N5O/c21-16-10-17(22)18(25-11-16)20(28)27-8-1-2-15(13-27)19-24-7-9-26(19)12-14-3-5-23-6-4-14/h3-7,9-11,15H,1-2,8,12-13H2/t15-/m0/s1. The zero-order valence-electron chi connectivity index (χ0n) is 15.1. The molecule has 3 aromatic heterocycles.